The maximum atomic E-state index is 5.99. The topological polar surface area (TPSA) is 67.7 Å². The van der Waals surface area contributed by atoms with Gasteiger partial charge in [-0.25, -0.2) is 4.99 Å². The summed E-state index contributed by atoms with van der Waals surface area (Å²) in [4.78, 5) is 6.52. The Labute approximate surface area is 102 Å². The second-order valence-corrected chi connectivity index (χ2v) is 4.51. The van der Waals surface area contributed by atoms with Crippen LogP contribution in [0, 0.1) is 6.92 Å². The molecule has 0 unspecified atom stereocenters. The highest BCUT2D eigenvalue weighted by Gasteiger charge is 2.10. The number of hydrogen-bond donors (Lipinski definition) is 1. The first kappa shape index (κ1) is 12.0. The van der Waals surface area contributed by atoms with E-state index in [1.165, 1.54) is 25.7 Å². The predicted molar refractivity (Wildman–Crippen MR) is 66.6 cm³/mol. The quantitative estimate of drug-likeness (QED) is 0.626. The molecule has 17 heavy (non-hydrogen) atoms. The van der Waals surface area contributed by atoms with Gasteiger partial charge in [0.05, 0.1) is 5.69 Å². The molecule has 1 fully saturated rings. The number of likely N-dealkylation sites (tertiary alicyclic amines) is 1. The molecule has 0 aromatic carbocycles. The van der Waals surface area contributed by atoms with Crippen molar-refractivity contribution < 1.29 is 4.52 Å². The summed E-state index contributed by atoms with van der Waals surface area (Å²) in [6, 6.07) is 1.89. The molecule has 94 valence electrons. The van der Waals surface area contributed by atoms with Gasteiger partial charge in [0.25, 0.3) is 0 Å². The van der Waals surface area contributed by atoms with Crippen molar-refractivity contribution in [1.82, 2.24) is 10.1 Å². The summed E-state index contributed by atoms with van der Waals surface area (Å²) in [5, 5.41) is 3.82. The van der Waals surface area contributed by atoms with Gasteiger partial charge in [-0.1, -0.05) is 18.0 Å². The van der Waals surface area contributed by atoms with Crippen molar-refractivity contribution in [3.05, 3.63) is 17.5 Å². The van der Waals surface area contributed by atoms with Crippen molar-refractivity contribution in [1.29, 1.82) is 0 Å². The van der Waals surface area contributed by atoms with Gasteiger partial charge >= 0.3 is 0 Å². The van der Waals surface area contributed by atoms with Crippen molar-refractivity contribution >= 4 is 5.96 Å². The minimum absolute atomic E-state index is 0.475. The number of nitrogens with two attached hydrogens (primary N) is 1. The Kier molecular flexibility index (Phi) is 4.01. The van der Waals surface area contributed by atoms with E-state index in [2.05, 4.69) is 15.0 Å². The number of aliphatic imine (C=N–C) groups is 1. The molecule has 0 spiro atoms. The van der Waals surface area contributed by atoms with Crippen LogP contribution in [-0.4, -0.2) is 29.1 Å². The Balaban J connectivity index is 1.91. The van der Waals surface area contributed by atoms with Gasteiger partial charge in [0.2, 0.25) is 0 Å². The zero-order valence-electron chi connectivity index (χ0n) is 10.4. The highest BCUT2D eigenvalue weighted by Crippen LogP contribution is 2.10. The molecule has 1 aliphatic heterocycles. The Morgan fingerprint density at radius 1 is 1.41 bits per heavy atom. The van der Waals surface area contributed by atoms with Crippen LogP contribution in [-0.2, 0) is 6.54 Å². The van der Waals surface area contributed by atoms with E-state index in [0.29, 0.717) is 12.5 Å². The Hall–Kier alpha value is -1.52. The fourth-order valence-corrected chi connectivity index (χ4v) is 2.05. The fourth-order valence-electron chi connectivity index (χ4n) is 2.05. The zero-order chi connectivity index (χ0) is 12.1. The molecule has 0 radical (unpaired) electrons. The largest absolute Gasteiger partial charge is 0.370 e. The smallest absolute Gasteiger partial charge is 0.191 e. The molecule has 1 aliphatic rings. The maximum Gasteiger partial charge on any atom is 0.191 e. The summed E-state index contributed by atoms with van der Waals surface area (Å²) in [5.74, 6) is 1.39. The van der Waals surface area contributed by atoms with E-state index >= 15 is 0 Å². The van der Waals surface area contributed by atoms with Crippen molar-refractivity contribution in [2.45, 2.75) is 39.2 Å². The molecular weight excluding hydrogens is 216 g/mol. The molecule has 2 rings (SSSR count). The number of aromatic nitrogens is 1. The lowest BCUT2D eigenvalue weighted by Gasteiger charge is -2.20. The molecule has 1 aromatic rings. The second-order valence-electron chi connectivity index (χ2n) is 4.51. The van der Waals surface area contributed by atoms with Crippen LogP contribution < -0.4 is 5.73 Å². The minimum Gasteiger partial charge on any atom is -0.370 e. The van der Waals surface area contributed by atoms with Crippen molar-refractivity contribution in [3.63, 3.8) is 0 Å². The van der Waals surface area contributed by atoms with Gasteiger partial charge in [-0.15, -0.1) is 0 Å². The summed E-state index contributed by atoms with van der Waals surface area (Å²) in [6.45, 7) is 4.41. The molecule has 0 bridgehead atoms. The van der Waals surface area contributed by atoms with Crippen LogP contribution in [0.4, 0.5) is 0 Å². The van der Waals surface area contributed by atoms with Gasteiger partial charge in [0.1, 0.15) is 6.54 Å². The number of hydrogen-bond acceptors (Lipinski definition) is 3. The molecule has 0 aliphatic carbocycles. The summed E-state index contributed by atoms with van der Waals surface area (Å²) < 4.78 is 5.10. The van der Waals surface area contributed by atoms with Crippen LogP contribution in [0.25, 0.3) is 0 Å². The lowest BCUT2D eigenvalue weighted by atomic mass is 10.2. The van der Waals surface area contributed by atoms with E-state index < -0.39 is 0 Å². The molecule has 1 aromatic heterocycles. The zero-order valence-corrected chi connectivity index (χ0v) is 10.4. The summed E-state index contributed by atoms with van der Waals surface area (Å²) in [7, 11) is 0. The maximum absolute atomic E-state index is 5.99. The third kappa shape index (κ3) is 3.47. The molecule has 2 heterocycles. The number of nitrogens with zero attached hydrogens (tertiary/aromatic N) is 3. The Morgan fingerprint density at radius 3 is 2.71 bits per heavy atom. The third-order valence-electron chi connectivity index (χ3n) is 3.00. The van der Waals surface area contributed by atoms with E-state index in [1.807, 2.05) is 13.0 Å². The number of guanidine groups is 1. The second kappa shape index (κ2) is 5.70. The molecule has 0 amide bonds. The molecular formula is C12H20N4O. The average Bonchev–Trinajstić information content (AvgIpc) is 2.58. The highest BCUT2D eigenvalue weighted by atomic mass is 16.5. The first-order chi connectivity index (χ1) is 8.25. The number of aryl methyl sites for hydroxylation is 1. The first-order valence-electron chi connectivity index (χ1n) is 6.23. The van der Waals surface area contributed by atoms with Crippen molar-refractivity contribution in [3.8, 4) is 0 Å². The predicted octanol–water partition coefficient (Wildman–Crippen LogP) is 1.67. The Morgan fingerprint density at radius 2 is 2.12 bits per heavy atom. The van der Waals surface area contributed by atoms with E-state index in [-0.39, 0.29) is 0 Å². The van der Waals surface area contributed by atoms with Crippen LogP contribution in [0.2, 0.25) is 0 Å². The van der Waals surface area contributed by atoms with E-state index in [4.69, 9.17) is 10.3 Å². The van der Waals surface area contributed by atoms with Gasteiger partial charge in [0, 0.05) is 19.2 Å². The van der Waals surface area contributed by atoms with Crippen LogP contribution >= 0.6 is 0 Å². The number of rotatable bonds is 2. The van der Waals surface area contributed by atoms with Gasteiger partial charge < -0.3 is 15.2 Å². The lowest BCUT2D eigenvalue weighted by molar-refractivity contribution is 0.379. The van der Waals surface area contributed by atoms with Gasteiger partial charge in [-0.05, 0) is 19.8 Å². The molecule has 5 nitrogen and oxygen atoms in total. The van der Waals surface area contributed by atoms with Crippen LogP contribution in [0.15, 0.2) is 15.6 Å². The summed E-state index contributed by atoms with van der Waals surface area (Å²) in [6.07, 6.45) is 5.01. The standard InChI is InChI=1S/C12H20N4O/c1-10-8-11(17-15-10)9-14-12(13)16-6-4-2-3-5-7-16/h8H,2-7,9H2,1H3,(H2,13,14). The van der Waals surface area contributed by atoms with Crippen molar-refractivity contribution in [2.75, 3.05) is 13.1 Å². The normalized spacial score (nSPS) is 18.2. The highest BCUT2D eigenvalue weighted by molar-refractivity contribution is 5.78. The fraction of sp³-hybridized carbons (Fsp3) is 0.667. The van der Waals surface area contributed by atoms with Gasteiger partial charge in [0.15, 0.2) is 11.7 Å². The average molecular weight is 236 g/mol. The first-order valence-corrected chi connectivity index (χ1v) is 6.23. The molecule has 1 saturated heterocycles. The van der Waals surface area contributed by atoms with Crippen LogP contribution in [0.1, 0.15) is 37.1 Å². The summed E-state index contributed by atoms with van der Waals surface area (Å²) in [5.41, 5.74) is 6.86. The minimum atomic E-state index is 0.475. The van der Waals surface area contributed by atoms with E-state index in [0.717, 1.165) is 24.5 Å². The van der Waals surface area contributed by atoms with Crippen molar-refractivity contribution in [2.24, 2.45) is 10.7 Å². The van der Waals surface area contributed by atoms with Crippen LogP contribution in [0.3, 0.4) is 0 Å². The van der Waals surface area contributed by atoms with Gasteiger partial charge in [-0.3, -0.25) is 0 Å². The van der Waals surface area contributed by atoms with E-state index in [9.17, 15) is 0 Å². The SMILES string of the molecule is Cc1cc(CN=C(N)N2CCCCCC2)on1. The molecule has 2 N–H and O–H groups in total. The van der Waals surface area contributed by atoms with E-state index in [1.54, 1.807) is 0 Å². The molecule has 0 saturated carbocycles. The molecule has 0 atom stereocenters. The Bertz CT molecular complexity index is 378. The van der Waals surface area contributed by atoms with Crippen LogP contribution in [0.5, 0.6) is 0 Å². The third-order valence-corrected chi connectivity index (χ3v) is 3.00. The van der Waals surface area contributed by atoms with Gasteiger partial charge in [-0.2, -0.15) is 0 Å². The summed E-state index contributed by atoms with van der Waals surface area (Å²) >= 11 is 0. The molecule has 5 heteroatoms. The monoisotopic (exact) mass is 236 g/mol. The lowest BCUT2D eigenvalue weighted by Crippen LogP contribution is -2.38.